The molecule has 3 aliphatic rings. The molecule has 33 heavy (non-hydrogen) atoms. The highest BCUT2D eigenvalue weighted by molar-refractivity contribution is 6.30. The molecule has 0 aliphatic carbocycles. The summed E-state index contributed by atoms with van der Waals surface area (Å²) in [5.74, 6) is 0.898. The fourth-order valence-electron chi connectivity index (χ4n) is 5.08. The van der Waals surface area contributed by atoms with E-state index in [-0.39, 0.29) is 17.9 Å². The monoisotopic (exact) mass is 468 g/mol. The second-order valence-corrected chi connectivity index (χ2v) is 9.36. The van der Waals surface area contributed by atoms with Gasteiger partial charge in [-0.3, -0.25) is 14.5 Å². The van der Waals surface area contributed by atoms with Gasteiger partial charge in [0, 0.05) is 68.8 Å². The summed E-state index contributed by atoms with van der Waals surface area (Å²) in [5.41, 5.74) is 1.84. The van der Waals surface area contributed by atoms with E-state index in [1.54, 1.807) is 17.3 Å². The topological polar surface area (TPSA) is 72.9 Å². The molecule has 9 heteroatoms. The van der Waals surface area contributed by atoms with Crippen LogP contribution in [0.25, 0.3) is 0 Å². The Labute approximate surface area is 199 Å². The third-order valence-corrected chi connectivity index (χ3v) is 7.10. The van der Waals surface area contributed by atoms with E-state index in [9.17, 15) is 9.59 Å². The number of rotatable bonds is 6. The van der Waals surface area contributed by atoms with Crippen LogP contribution in [-0.4, -0.2) is 76.9 Å². The third kappa shape index (κ3) is 4.68. The summed E-state index contributed by atoms with van der Waals surface area (Å²) in [4.78, 5) is 42.7. The van der Waals surface area contributed by atoms with Crippen LogP contribution in [0.4, 0.5) is 11.6 Å². The van der Waals surface area contributed by atoms with Crippen LogP contribution in [0.15, 0.2) is 36.7 Å². The zero-order valence-electron chi connectivity index (χ0n) is 18.7. The molecule has 3 aliphatic heterocycles. The SMILES string of the molecule is O=C1[C@@H]2CCC(=O)N2Cc2cc(Cl)ccc2N1CCCCN1CCN(c2ncccn2)CC1. The van der Waals surface area contributed by atoms with Crippen LogP contribution in [0.3, 0.4) is 0 Å². The number of amides is 2. The highest BCUT2D eigenvalue weighted by Gasteiger charge is 2.41. The van der Waals surface area contributed by atoms with Crippen molar-refractivity contribution in [2.45, 2.75) is 38.3 Å². The van der Waals surface area contributed by atoms with E-state index < -0.39 is 0 Å². The molecule has 8 nitrogen and oxygen atoms in total. The van der Waals surface area contributed by atoms with Crippen molar-refractivity contribution in [2.75, 3.05) is 49.1 Å². The van der Waals surface area contributed by atoms with Crippen LogP contribution in [0.5, 0.6) is 0 Å². The maximum Gasteiger partial charge on any atom is 0.249 e. The number of benzene rings is 1. The Hall–Kier alpha value is -2.71. The number of piperazine rings is 1. The van der Waals surface area contributed by atoms with Crippen molar-refractivity contribution in [3.05, 3.63) is 47.2 Å². The van der Waals surface area contributed by atoms with Crippen molar-refractivity contribution in [1.82, 2.24) is 19.8 Å². The van der Waals surface area contributed by atoms with E-state index in [1.807, 2.05) is 29.2 Å². The van der Waals surface area contributed by atoms with Gasteiger partial charge in [-0.2, -0.15) is 0 Å². The lowest BCUT2D eigenvalue weighted by molar-refractivity contribution is -0.134. The molecular weight excluding hydrogens is 440 g/mol. The number of carbonyl (C=O) groups excluding carboxylic acids is 2. The van der Waals surface area contributed by atoms with Crippen molar-refractivity contribution in [3.63, 3.8) is 0 Å². The van der Waals surface area contributed by atoms with Gasteiger partial charge in [0.25, 0.3) is 0 Å². The minimum Gasteiger partial charge on any atom is -0.338 e. The van der Waals surface area contributed by atoms with Crippen molar-refractivity contribution < 1.29 is 9.59 Å². The van der Waals surface area contributed by atoms with Crippen LogP contribution < -0.4 is 9.80 Å². The quantitative estimate of drug-likeness (QED) is 0.607. The van der Waals surface area contributed by atoms with Gasteiger partial charge in [-0.1, -0.05) is 11.6 Å². The fourth-order valence-corrected chi connectivity index (χ4v) is 5.27. The average Bonchev–Trinajstić information content (AvgIpc) is 3.15. The predicted octanol–water partition coefficient (Wildman–Crippen LogP) is 2.57. The normalized spacial score (nSPS) is 21.2. The molecule has 1 aromatic carbocycles. The van der Waals surface area contributed by atoms with Crippen LogP contribution in [-0.2, 0) is 16.1 Å². The first-order chi connectivity index (χ1) is 16.1. The first-order valence-electron chi connectivity index (χ1n) is 11.7. The zero-order valence-corrected chi connectivity index (χ0v) is 19.5. The van der Waals surface area contributed by atoms with Crippen molar-refractivity contribution in [2.24, 2.45) is 0 Å². The van der Waals surface area contributed by atoms with Crippen LogP contribution in [0, 0.1) is 0 Å². The summed E-state index contributed by atoms with van der Waals surface area (Å²) in [7, 11) is 0. The minimum atomic E-state index is -0.350. The molecule has 2 aromatic rings. The number of unbranched alkanes of at least 4 members (excludes halogenated alkanes) is 1. The van der Waals surface area contributed by atoms with Crippen LogP contribution in [0.1, 0.15) is 31.2 Å². The highest BCUT2D eigenvalue weighted by Crippen LogP contribution is 2.34. The van der Waals surface area contributed by atoms with Gasteiger partial charge >= 0.3 is 0 Å². The molecule has 2 amide bonds. The lowest BCUT2D eigenvalue weighted by Gasteiger charge is -2.34. The molecule has 1 atom stereocenters. The first-order valence-corrected chi connectivity index (χ1v) is 12.1. The van der Waals surface area contributed by atoms with Gasteiger partial charge in [-0.15, -0.1) is 0 Å². The average molecular weight is 469 g/mol. The highest BCUT2D eigenvalue weighted by atomic mass is 35.5. The van der Waals surface area contributed by atoms with Crippen LogP contribution >= 0.6 is 11.6 Å². The smallest absolute Gasteiger partial charge is 0.249 e. The second kappa shape index (κ2) is 9.65. The fraction of sp³-hybridized carbons (Fsp3) is 0.500. The second-order valence-electron chi connectivity index (χ2n) is 8.92. The van der Waals surface area contributed by atoms with Gasteiger partial charge in [0.05, 0.1) is 0 Å². The Morgan fingerprint density at radius 2 is 1.76 bits per heavy atom. The number of aromatic nitrogens is 2. The Kier molecular flexibility index (Phi) is 6.46. The number of fused-ring (bicyclic) bond motifs is 2. The van der Waals surface area contributed by atoms with Gasteiger partial charge in [0.15, 0.2) is 0 Å². The number of anilines is 2. The lowest BCUT2D eigenvalue weighted by atomic mass is 10.1. The van der Waals surface area contributed by atoms with E-state index in [4.69, 9.17) is 11.6 Å². The molecule has 0 unspecified atom stereocenters. The van der Waals surface area contributed by atoms with E-state index in [2.05, 4.69) is 19.8 Å². The van der Waals surface area contributed by atoms with Gasteiger partial charge < -0.3 is 14.7 Å². The maximum atomic E-state index is 13.4. The van der Waals surface area contributed by atoms with Crippen LogP contribution in [0.2, 0.25) is 5.02 Å². The molecule has 0 radical (unpaired) electrons. The summed E-state index contributed by atoms with van der Waals surface area (Å²) in [6, 6.07) is 7.13. The minimum absolute atomic E-state index is 0.0402. The molecule has 2 saturated heterocycles. The molecule has 0 saturated carbocycles. The molecule has 5 rings (SSSR count). The lowest BCUT2D eigenvalue weighted by Crippen LogP contribution is -2.47. The molecule has 1 aromatic heterocycles. The standard InChI is InChI=1S/C24H29ClN6O2/c25-19-4-5-20-18(16-19)17-31-21(6-7-22(31)32)23(33)30(20)11-2-1-10-28-12-14-29(15-13-28)24-26-8-3-9-27-24/h3-5,8-9,16,21H,1-2,6-7,10-15,17H2/t21-/m0/s1. The summed E-state index contributed by atoms with van der Waals surface area (Å²) in [6.07, 6.45) is 6.54. The first kappa shape index (κ1) is 22.1. The third-order valence-electron chi connectivity index (χ3n) is 6.87. The Bertz CT molecular complexity index is 1010. The number of nitrogens with zero attached hydrogens (tertiary/aromatic N) is 6. The Morgan fingerprint density at radius 1 is 1.00 bits per heavy atom. The van der Waals surface area contributed by atoms with Gasteiger partial charge in [-0.25, -0.2) is 9.97 Å². The molecule has 174 valence electrons. The van der Waals surface area contributed by atoms with Gasteiger partial charge in [0.2, 0.25) is 17.8 Å². The predicted molar refractivity (Wildman–Crippen MR) is 127 cm³/mol. The number of halogens is 1. The largest absolute Gasteiger partial charge is 0.338 e. The summed E-state index contributed by atoms with van der Waals surface area (Å²) in [6.45, 7) is 5.94. The van der Waals surface area contributed by atoms with Gasteiger partial charge in [-0.05, 0) is 55.6 Å². The Balaban J connectivity index is 1.17. The molecule has 2 fully saturated rings. The molecule has 0 bridgehead atoms. The summed E-state index contributed by atoms with van der Waals surface area (Å²) >= 11 is 6.23. The van der Waals surface area contributed by atoms with E-state index in [0.717, 1.165) is 62.8 Å². The Morgan fingerprint density at radius 3 is 2.55 bits per heavy atom. The molecule has 0 N–H and O–H groups in total. The zero-order chi connectivity index (χ0) is 22.8. The molecule has 0 spiro atoms. The number of carbonyl (C=O) groups is 2. The summed E-state index contributed by atoms with van der Waals surface area (Å²) in [5, 5.41) is 0.631. The molecular formula is C24H29ClN6O2. The van der Waals surface area contributed by atoms with Crippen molar-refractivity contribution >= 4 is 35.1 Å². The van der Waals surface area contributed by atoms with Gasteiger partial charge in [0.1, 0.15) is 6.04 Å². The van der Waals surface area contributed by atoms with E-state index in [1.165, 1.54) is 0 Å². The van der Waals surface area contributed by atoms with E-state index >= 15 is 0 Å². The van der Waals surface area contributed by atoms with E-state index in [0.29, 0.717) is 31.0 Å². The number of hydrogen-bond donors (Lipinski definition) is 0. The van der Waals surface area contributed by atoms with Crippen molar-refractivity contribution in [1.29, 1.82) is 0 Å². The summed E-state index contributed by atoms with van der Waals surface area (Å²) < 4.78 is 0. The maximum absolute atomic E-state index is 13.4. The number of hydrogen-bond acceptors (Lipinski definition) is 6. The van der Waals surface area contributed by atoms with Crippen molar-refractivity contribution in [3.8, 4) is 0 Å². The molecule has 4 heterocycles.